The molecule has 0 radical (unpaired) electrons. The van der Waals surface area contributed by atoms with Gasteiger partial charge in [-0.15, -0.1) is 0 Å². The molecule has 0 spiro atoms. The van der Waals surface area contributed by atoms with Gasteiger partial charge in [-0.2, -0.15) is 0 Å². The Hall–Kier alpha value is -6.06. The van der Waals surface area contributed by atoms with E-state index in [0.717, 1.165) is 11.2 Å². The number of benzene rings is 7. The Morgan fingerprint density at radius 1 is 0.311 bits per heavy atom. The molecule has 0 aliphatic heterocycles. The molecule has 3 nitrogen and oxygen atoms in total. The minimum absolute atomic E-state index is 0.962. The second kappa shape index (κ2) is 13.1. The fraction of sp³-hybridized carbons (Fsp3) is 0. The first kappa shape index (κ1) is 27.8. The van der Waals surface area contributed by atoms with Gasteiger partial charge < -0.3 is 14.3 Å². The Kier molecular flexibility index (Phi) is 8.06. The van der Waals surface area contributed by atoms with Crippen molar-refractivity contribution in [1.29, 1.82) is 0 Å². The number of H-pyrrole nitrogens is 1. The van der Waals surface area contributed by atoms with E-state index in [0.29, 0.717) is 0 Å². The van der Waals surface area contributed by atoms with E-state index < -0.39 is 0 Å². The van der Waals surface area contributed by atoms with Crippen LogP contribution in [0, 0.1) is 0 Å². The number of furan rings is 1. The van der Waals surface area contributed by atoms with Crippen LogP contribution in [0.3, 0.4) is 0 Å². The Balaban J connectivity index is 0.000000111. The van der Waals surface area contributed by atoms with E-state index in [2.05, 4.69) is 143 Å². The predicted octanol–water partition coefficient (Wildman–Crippen LogP) is 12.1. The van der Waals surface area contributed by atoms with Gasteiger partial charge in [0.2, 0.25) is 0 Å². The van der Waals surface area contributed by atoms with Crippen LogP contribution in [0.4, 0.5) is 17.1 Å². The average Bonchev–Trinajstić information content (AvgIpc) is 3.69. The molecular weight excluding hydrogens is 548 g/mol. The molecule has 216 valence electrons. The van der Waals surface area contributed by atoms with Crippen molar-refractivity contribution in [3.05, 3.63) is 188 Å². The second-order valence-corrected chi connectivity index (χ2v) is 10.7. The Labute approximate surface area is 262 Å². The molecule has 0 aliphatic rings. The van der Waals surface area contributed by atoms with Crippen LogP contribution in [-0.4, -0.2) is 4.98 Å². The maximum Gasteiger partial charge on any atom is 0.135 e. The molecule has 0 fully saturated rings. The molecule has 0 atom stereocenters. The van der Waals surface area contributed by atoms with Gasteiger partial charge in [-0.25, -0.2) is 0 Å². The highest BCUT2D eigenvalue weighted by Gasteiger charge is 2.10. The Morgan fingerprint density at radius 2 is 0.622 bits per heavy atom. The van der Waals surface area contributed by atoms with Crippen molar-refractivity contribution in [3.63, 3.8) is 0 Å². The average molecular weight is 581 g/mol. The molecule has 0 unspecified atom stereocenters. The quantitative estimate of drug-likeness (QED) is 0.225. The van der Waals surface area contributed by atoms with Gasteiger partial charge in [-0.05, 0) is 60.7 Å². The number of para-hydroxylation sites is 7. The summed E-state index contributed by atoms with van der Waals surface area (Å²) in [6, 6.07) is 64.2. The van der Waals surface area contributed by atoms with E-state index in [-0.39, 0.29) is 0 Å². The molecule has 0 saturated heterocycles. The SMILES string of the molecule is c1ccc(N(c2ccccc2)c2ccccc2)cc1.c1ccc2c(c1)[nH]c1ccccc12.c1ccc2c(c1)oc1ccccc12. The lowest BCUT2D eigenvalue weighted by Crippen LogP contribution is -2.09. The summed E-state index contributed by atoms with van der Waals surface area (Å²) in [5.74, 6) is 0. The number of aromatic amines is 1. The lowest BCUT2D eigenvalue weighted by Gasteiger charge is -2.25. The predicted molar refractivity (Wildman–Crippen MR) is 191 cm³/mol. The molecule has 0 aliphatic carbocycles. The third kappa shape index (κ3) is 6.06. The molecule has 3 heteroatoms. The maximum absolute atomic E-state index is 5.65. The standard InChI is InChI=1S/C18H15N.C12H9N.C12H8O/c1-4-10-16(11-5-1)19(17-12-6-2-7-13-17)18-14-8-3-9-15-18;2*1-3-7-11-9(5-1)10-6-2-4-8-12(10)13-11/h1-15H;1-8,13H;1-8H. The molecule has 9 rings (SSSR count). The van der Waals surface area contributed by atoms with E-state index in [4.69, 9.17) is 4.42 Å². The smallest absolute Gasteiger partial charge is 0.135 e. The maximum atomic E-state index is 5.65. The van der Waals surface area contributed by atoms with E-state index in [1.165, 1.54) is 49.6 Å². The minimum atomic E-state index is 0.962. The lowest BCUT2D eigenvalue weighted by atomic mass is 10.2. The molecule has 2 heterocycles. The van der Waals surface area contributed by atoms with Gasteiger partial charge in [0.25, 0.3) is 0 Å². The van der Waals surface area contributed by atoms with Crippen LogP contribution >= 0.6 is 0 Å². The third-order valence-corrected chi connectivity index (χ3v) is 7.74. The molecule has 0 amide bonds. The number of hydrogen-bond acceptors (Lipinski definition) is 2. The van der Waals surface area contributed by atoms with Crippen molar-refractivity contribution < 1.29 is 4.42 Å². The number of hydrogen-bond donors (Lipinski definition) is 1. The number of fused-ring (bicyclic) bond motifs is 6. The summed E-state index contributed by atoms with van der Waals surface area (Å²) in [7, 11) is 0. The minimum Gasteiger partial charge on any atom is -0.456 e. The van der Waals surface area contributed by atoms with Crippen LogP contribution in [0.15, 0.2) is 192 Å². The first-order valence-corrected chi connectivity index (χ1v) is 15.1. The van der Waals surface area contributed by atoms with E-state index in [1.54, 1.807) is 0 Å². The zero-order valence-corrected chi connectivity index (χ0v) is 24.8. The van der Waals surface area contributed by atoms with Crippen LogP contribution in [0.1, 0.15) is 0 Å². The highest BCUT2D eigenvalue weighted by atomic mass is 16.3. The lowest BCUT2D eigenvalue weighted by molar-refractivity contribution is 0.669. The molecule has 0 saturated carbocycles. The second-order valence-electron chi connectivity index (χ2n) is 10.7. The summed E-state index contributed by atoms with van der Waals surface area (Å²) >= 11 is 0. The summed E-state index contributed by atoms with van der Waals surface area (Å²) in [6.07, 6.45) is 0. The summed E-state index contributed by atoms with van der Waals surface area (Å²) in [5, 5.41) is 4.99. The van der Waals surface area contributed by atoms with Gasteiger partial charge in [0.15, 0.2) is 0 Å². The van der Waals surface area contributed by atoms with Crippen molar-refractivity contribution in [2.75, 3.05) is 4.90 Å². The fourth-order valence-electron chi connectivity index (χ4n) is 5.65. The summed E-state index contributed by atoms with van der Waals surface area (Å²) in [6.45, 7) is 0. The number of rotatable bonds is 3. The first-order chi connectivity index (χ1) is 22.3. The monoisotopic (exact) mass is 580 g/mol. The van der Waals surface area contributed by atoms with Crippen molar-refractivity contribution in [2.24, 2.45) is 0 Å². The van der Waals surface area contributed by atoms with Crippen LogP contribution in [0.5, 0.6) is 0 Å². The van der Waals surface area contributed by atoms with Crippen molar-refractivity contribution >= 4 is 60.8 Å². The van der Waals surface area contributed by atoms with Gasteiger partial charge in [-0.3, -0.25) is 0 Å². The fourth-order valence-corrected chi connectivity index (χ4v) is 5.65. The molecule has 9 aromatic rings. The topological polar surface area (TPSA) is 32.2 Å². The van der Waals surface area contributed by atoms with Crippen molar-refractivity contribution in [3.8, 4) is 0 Å². The number of anilines is 3. The largest absolute Gasteiger partial charge is 0.456 e. The zero-order chi connectivity index (χ0) is 30.3. The van der Waals surface area contributed by atoms with Crippen LogP contribution < -0.4 is 4.90 Å². The van der Waals surface area contributed by atoms with Crippen LogP contribution in [0.2, 0.25) is 0 Å². The molecule has 45 heavy (non-hydrogen) atoms. The zero-order valence-electron chi connectivity index (χ0n) is 24.8. The van der Waals surface area contributed by atoms with Gasteiger partial charge in [0, 0.05) is 49.6 Å². The Morgan fingerprint density at radius 3 is 1.02 bits per heavy atom. The number of aromatic nitrogens is 1. The highest BCUT2D eigenvalue weighted by Crippen LogP contribution is 2.33. The van der Waals surface area contributed by atoms with Crippen LogP contribution in [0.25, 0.3) is 43.7 Å². The summed E-state index contributed by atoms with van der Waals surface area (Å²) in [5.41, 5.74) is 7.85. The van der Waals surface area contributed by atoms with Crippen LogP contribution in [-0.2, 0) is 0 Å². The van der Waals surface area contributed by atoms with Gasteiger partial charge in [0.05, 0.1) is 0 Å². The summed E-state index contributed by atoms with van der Waals surface area (Å²) < 4.78 is 5.65. The third-order valence-electron chi connectivity index (χ3n) is 7.74. The first-order valence-electron chi connectivity index (χ1n) is 15.1. The van der Waals surface area contributed by atoms with Crippen molar-refractivity contribution in [1.82, 2.24) is 4.98 Å². The summed E-state index contributed by atoms with van der Waals surface area (Å²) in [4.78, 5) is 5.63. The highest BCUT2D eigenvalue weighted by molar-refractivity contribution is 6.07. The number of nitrogens with zero attached hydrogens (tertiary/aromatic N) is 1. The normalized spacial score (nSPS) is 10.7. The molecular formula is C42H32N2O. The van der Waals surface area contributed by atoms with Gasteiger partial charge in [0.1, 0.15) is 11.2 Å². The molecule has 7 aromatic carbocycles. The van der Waals surface area contributed by atoms with Crippen molar-refractivity contribution in [2.45, 2.75) is 0 Å². The van der Waals surface area contributed by atoms with E-state index in [1.807, 2.05) is 54.6 Å². The molecule has 1 N–H and O–H groups in total. The number of nitrogens with one attached hydrogen (secondary N) is 1. The Bertz CT molecular complexity index is 1970. The van der Waals surface area contributed by atoms with Gasteiger partial charge >= 0.3 is 0 Å². The molecule has 2 aromatic heterocycles. The van der Waals surface area contributed by atoms with E-state index >= 15 is 0 Å². The van der Waals surface area contributed by atoms with Gasteiger partial charge in [-0.1, -0.05) is 127 Å². The molecule has 0 bridgehead atoms. The van der Waals surface area contributed by atoms with E-state index in [9.17, 15) is 0 Å².